The van der Waals surface area contributed by atoms with Gasteiger partial charge in [0.15, 0.2) is 16.4 Å². The van der Waals surface area contributed by atoms with Crippen molar-refractivity contribution in [3.8, 4) is 23.3 Å². The van der Waals surface area contributed by atoms with Gasteiger partial charge >= 0.3 is 5.97 Å². The molecular formula is C38H34O6S. The van der Waals surface area contributed by atoms with Crippen LogP contribution in [0.2, 0.25) is 0 Å². The number of ether oxygens (including phenoxy) is 2. The predicted molar refractivity (Wildman–Crippen MR) is 177 cm³/mol. The van der Waals surface area contributed by atoms with Crippen LogP contribution in [0.25, 0.3) is 11.6 Å². The van der Waals surface area contributed by atoms with E-state index in [0.29, 0.717) is 28.6 Å². The summed E-state index contributed by atoms with van der Waals surface area (Å²) >= 11 is 0. The van der Waals surface area contributed by atoms with Gasteiger partial charge in [0, 0.05) is 16.5 Å². The number of carbonyl (C=O) groups is 1. The molecule has 0 fully saturated rings. The number of hydrogen-bond acceptors (Lipinski definition) is 5. The summed E-state index contributed by atoms with van der Waals surface area (Å²) in [5.41, 5.74) is 7.38. The maximum atomic E-state index is 12.0. The second-order valence-corrected chi connectivity index (χ2v) is 13.6. The van der Waals surface area contributed by atoms with E-state index in [1.54, 1.807) is 36.4 Å². The van der Waals surface area contributed by atoms with Crippen LogP contribution in [0.5, 0.6) is 11.5 Å². The van der Waals surface area contributed by atoms with Gasteiger partial charge in [-0.3, -0.25) is 0 Å². The Bertz CT molecular complexity index is 1970. The van der Waals surface area contributed by atoms with Gasteiger partial charge < -0.3 is 14.6 Å². The van der Waals surface area contributed by atoms with Gasteiger partial charge in [0.2, 0.25) is 0 Å². The molecule has 0 aliphatic carbocycles. The highest BCUT2D eigenvalue weighted by Gasteiger charge is 2.20. The van der Waals surface area contributed by atoms with Gasteiger partial charge in [-0.1, -0.05) is 69.0 Å². The molecule has 1 N–H and O–H groups in total. The van der Waals surface area contributed by atoms with Crippen LogP contribution in [0.4, 0.5) is 0 Å². The van der Waals surface area contributed by atoms with E-state index in [9.17, 15) is 13.2 Å². The molecule has 0 amide bonds. The van der Waals surface area contributed by atoms with Crippen molar-refractivity contribution in [3.63, 3.8) is 0 Å². The van der Waals surface area contributed by atoms with E-state index in [0.717, 1.165) is 33.4 Å². The standard InChI is InChI=1S/C38H34O6S/c1-26-23-33(16-17-35(26)44-25-37(39)40)43-21-19-34(30-12-14-32(15-13-30)38(2,3)4)29-10-7-27(8-11-29)5-6-28-9-18-36-31(24-28)20-22-45(36,41)42/h7-20,22-24H,21,25H2,1-4H3,(H,39,40)/b34-19+. The Morgan fingerprint density at radius 3 is 2.13 bits per heavy atom. The number of rotatable bonds is 8. The van der Waals surface area contributed by atoms with E-state index in [1.807, 2.05) is 43.3 Å². The Kier molecular flexibility index (Phi) is 8.99. The maximum Gasteiger partial charge on any atom is 0.341 e. The summed E-state index contributed by atoms with van der Waals surface area (Å²) in [5, 5.41) is 10.1. The zero-order valence-corrected chi connectivity index (χ0v) is 26.4. The van der Waals surface area contributed by atoms with E-state index >= 15 is 0 Å². The SMILES string of the molecule is Cc1cc(OC/C=C(\c2ccc(C#Cc3ccc4c(c3)C=CS4(=O)=O)cc2)c2ccc(C(C)(C)C)cc2)ccc1OCC(=O)O. The van der Waals surface area contributed by atoms with Crippen LogP contribution in [0.3, 0.4) is 0 Å². The summed E-state index contributed by atoms with van der Waals surface area (Å²) in [4.78, 5) is 11.2. The van der Waals surface area contributed by atoms with Crippen molar-refractivity contribution in [3.05, 3.63) is 135 Å². The molecule has 0 atom stereocenters. The molecule has 45 heavy (non-hydrogen) atoms. The van der Waals surface area contributed by atoms with Crippen molar-refractivity contribution in [2.75, 3.05) is 13.2 Å². The Morgan fingerprint density at radius 1 is 0.844 bits per heavy atom. The number of aliphatic carboxylic acids is 1. The molecule has 4 aromatic carbocycles. The first-order valence-electron chi connectivity index (χ1n) is 14.5. The molecule has 0 unspecified atom stereocenters. The zero-order valence-electron chi connectivity index (χ0n) is 25.6. The van der Waals surface area contributed by atoms with Crippen LogP contribution in [0, 0.1) is 18.8 Å². The molecule has 1 heterocycles. The fourth-order valence-electron chi connectivity index (χ4n) is 4.92. The van der Waals surface area contributed by atoms with E-state index in [1.165, 1.54) is 11.0 Å². The van der Waals surface area contributed by atoms with E-state index in [-0.39, 0.29) is 5.41 Å². The second kappa shape index (κ2) is 12.9. The number of sulfone groups is 1. The summed E-state index contributed by atoms with van der Waals surface area (Å²) in [6.07, 6.45) is 3.65. The summed E-state index contributed by atoms with van der Waals surface area (Å²) in [5.74, 6) is 6.45. The minimum Gasteiger partial charge on any atom is -0.489 e. The molecule has 4 aromatic rings. The van der Waals surface area contributed by atoms with E-state index in [2.05, 4.69) is 56.9 Å². The van der Waals surface area contributed by atoms with Gasteiger partial charge in [-0.2, -0.15) is 0 Å². The lowest BCUT2D eigenvalue weighted by Gasteiger charge is -2.19. The van der Waals surface area contributed by atoms with Gasteiger partial charge in [-0.15, -0.1) is 0 Å². The van der Waals surface area contributed by atoms with Gasteiger partial charge in [0.25, 0.3) is 0 Å². The lowest BCUT2D eigenvalue weighted by molar-refractivity contribution is -0.139. The minimum absolute atomic E-state index is 0.0351. The third-order valence-electron chi connectivity index (χ3n) is 7.39. The average Bonchev–Trinajstić information content (AvgIpc) is 3.31. The highest BCUT2D eigenvalue weighted by atomic mass is 32.2. The zero-order chi connectivity index (χ0) is 32.2. The third-order valence-corrected chi connectivity index (χ3v) is 8.87. The molecule has 0 spiro atoms. The van der Waals surface area contributed by atoms with Crippen molar-refractivity contribution in [1.82, 2.24) is 0 Å². The van der Waals surface area contributed by atoms with Crippen LogP contribution in [0.15, 0.2) is 101 Å². The Hall–Kier alpha value is -5.06. The van der Waals surface area contributed by atoms with Crippen LogP contribution in [0.1, 0.15) is 59.7 Å². The normalized spacial score (nSPS) is 13.5. The molecule has 228 valence electrons. The molecule has 0 aromatic heterocycles. The molecular weight excluding hydrogens is 584 g/mol. The van der Waals surface area contributed by atoms with Crippen LogP contribution in [-0.2, 0) is 20.0 Å². The molecule has 0 saturated carbocycles. The van der Waals surface area contributed by atoms with Crippen molar-refractivity contribution < 1.29 is 27.8 Å². The van der Waals surface area contributed by atoms with Crippen molar-refractivity contribution in [2.45, 2.75) is 38.0 Å². The molecule has 0 radical (unpaired) electrons. The smallest absolute Gasteiger partial charge is 0.341 e. The topological polar surface area (TPSA) is 89.9 Å². The fraction of sp³-hybridized carbons (Fsp3) is 0.184. The molecule has 6 nitrogen and oxygen atoms in total. The first kappa shape index (κ1) is 31.4. The number of benzene rings is 4. The predicted octanol–water partition coefficient (Wildman–Crippen LogP) is 7.42. The first-order valence-corrected chi connectivity index (χ1v) is 16.0. The quantitative estimate of drug-likeness (QED) is 0.207. The fourth-order valence-corrected chi connectivity index (χ4v) is 6.10. The van der Waals surface area contributed by atoms with E-state index in [4.69, 9.17) is 14.6 Å². The third kappa shape index (κ3) is 7.72. The number of aryl methyl sites for hydroxylation is 1. The lowest BCUT2D eigenvalue weighted by Crippen LogP contribution is -2.10. The molecule has 1 aliphatic heterocycles. The van der Waals surface area contributed by atoms with Crippen LogP contribution < -0.4 is 9.47 Å². The van der Waals surface area contributed by atoms with Crippen molar-refractivity contribution >= 4 is 27.5 Å². The molecule has 0 saturated heterocycles. The molecule has 7 heteroatoms. The van der Waals surface area contributed by atoms with Gasteiger partial charge in [-0.25, -0.2) is 13.2 Å². The number of carboxylic acids is 1. The highest BCUT2D eigenvalue weighted by molar-refractivity contribution is 7.94. The highest BCUT2D eigenvalue weighted by Crippen LogP contribution is 2.30. The van der Waals surface area contributed by atoms with Gasteiger partial charge in [-0.05, 0) is 106 Å². The van der Waals surface area contributed by atoms with Gasteiger partial charge in [0.05, 0.1) is 4.90 Å². The summed E-state index contributed by atoms with van der Waals surface area (Å²) in [6.45, 7) is 8.33. The Morgan fingerprint density at radius 2 is 1.49 bits per heavy atom. The largest absolute Gasteiger partial charge is 0.489 e. The number of fused-ring (bicyclic) bond motifs is 1. The monoisotopic (exact) mass is 618 g/mol. The summed E-state index contributed by atoms with van der Waals surface area (Å²) in [6, 6.07) is 27.0. The van der Waals surface area contributed by atoms with Crippen LogP contribution in [-0.4, -0.2) is 32.7 Å². The Labute approximate surface area is 264 Å². The molecule has 0 bridgehead atoms. The van der Waals surface area contributed by atoms with E-state index < -0.39 is 22.4 Å². The minimum atomic E-state index is -3.33. The lowest BCUT2D eigenvalue weighted by atomic mass is 9.85. The number of carboxylic acid groups (broad SMARTS) is 1. The van der Waals surface area contributed by atoms with Crippen molar-refractivity contribution in [1.29, 1.82) is 0 Å². The van der Waals surface area contributed by atoms with Crippen LogP contribution >= 0.6 is 0 Å². The number of hydrogen-bond donors (Lipinski definition) is 1. The average molecular weight is 619 g/mol. The Balaban J connectivity index is 1.37. The second-order valence-electron chi connectivity index (χ2n) is 11.8. The molecule has 1 aliphatic rings. The first-order chi connectivity index (χ1) is 21.4. The summed E-state index contributed by atoms with van der Waals surface area (Å²) in [7, 11) is -3.33. The van der Waals surface area contributed by atoms with Gasteiger partial charge in [0.1, 0.15) is 18.1 Å². The van der Waals surface area contributed by atoms with Crippen molar-refractivity contribution in [2.24, 2.45) is 0 Å². The maximum absolute atomic E-state index is 12.0. The summed E-state index contributed by atoms with van der Waals surface area (Å²) < 4.78 is 35.5. The molecule has 5 rings (SSSR count).